The van der Waals surface area contributed by atoms with Crippen molar-refractivity contribution in [2.75, 3.05) is 12.3 Å². The number of nitrogens with two attached hydrogens (primary N) is 1. The van der Waals surface area contributed by atoms with Crippen LogP contribution >= 0.6 is 0 Å². The Labute approximate surface area is 217 Å². The summed E-state index contributed by atoms with van der Waals surface area (Å²) in [7, 11) is 0. The maximum atomic E-state index is 13.7. The fraction of sp³-hybridized carbons (Fsp3) is 0.241. The van der Waals surface area contributed by atoms with Crippen LogP contribution in [0.5, 0.6) is 0 Å². The Morgan fingerprint density at radius 2 is 1.89 bits per heavy atom. The molecule has 1 aliphatic carbocycles. The van der Waals surface area contributed by atoms with Gasteiger partial charge in [0.1, 0.15) is 11.7 Å². The summed E-state index contributed by atoms with van der Waals surface area (Å²) < 4.78 is 5.87. The number of esters is 1. The molecule has 0 saturated carbocycles. The van der Waals surface area contributed by atoms with Gasteiger partial charge in [0.05, 0.1) is 5.52 Å². The predicted octanol–water partition coefficient (Wildman–Crippen LogP) is 2.76. The van der Waals surface area contributed by atoms with Crippen LogP contribution in [0.1, 0.15) is 40.0 Å². The van der Waals surface area contributed by atoms with Crippen molar-refractivity contribution >= 4 is 40.2 Å². The molecule has 0 radical (unpaired) electrons. The maximum absolute atomic E-state index is 13.7. The van der Waals surface area contributed by atoms with E-state index in [1.54, 1.807) is 40.2 Å². The van der Waals surface area contributed by atoms with E-state index in [9.17, 15) is 14.4 Å². The van der Waals surface area contributed by atoms with E-state index >= 15 is 0 Å². The van der Waals surface area contributed by atoms with Crippen LogP contribution in [0, 0.1) is 0 Å². The first-order chi connectivity index (χ1) is 18.4. The molecule has 1 spiro atoms. The first kappa shape index (κ1) is 22.4. The summed E-state index contributed by atoms with van der Waals surface area (Å²) in [6, 6.07) is 12.7. The smallest absolute Gasteiger partial charge is 0.330 e. The van der Waals surface area contributed by atoms with Gasteiger partial charge in [0.15, 0.2) is 0 Å². The van der Waals surface area contributed by atoms with Gasteiger partial charge in [0.2, 0.25) is 11.5 Å². The number of nitrogens with zero attached hydrogens (tertiary/aromatic N) is 4. The van der Waals surface area contributed by atoms with Gasteiger partial charge >= 0.3 is 5.97 Å². The van der Waals surface area contributed by atoms with E-state index in [1.807, 2.05) is 24.3 Å². The van der Waals surface area contributed by atoms with E-state index in [0.29, 0.717) is 48.1 Å². The van der Waals surface area contributed by atoms with Crippen LogP contribution in [0.15, 0.2) is 66.4 Å². The van der Waals surface area contributed by atoms with Crippen molar-refractivity contribution in [2.24, 2.45) is 0 Å². The number of anilines is 1. The highest BCUT2D eigenvalue weighted by atomic mass is 16.6. The number of amides is 2. The molecule has 2 N–H and O–H groups in total. The van der Waals surface area contributed by atoms with Crippen molar-refractivity contribution in [2.45, 2.75) is 37.6 Å². The molecule has 9 heteroatoms. The molecule has 0 bridgehead atoms. The first-order valence-corrected chi connectivity index (χ1v) is 12.6. The number of hydrogen-bond donors (Lipinski definition) is 1. The molecule has 9 nitrogen and oxygen atoms in total. The standard InChI is InChI=1S/C29H23N5O4/c30-28-31-22-11-10-17(14-20(22)24(32-28)25(35)33-15-18-6-1-2-7-19(18)16-33)21-8-3-4-12-29(21)27(37)34-13-5-9-23(34)26(36)38-29/h1-3,6-8,10-12,14,23H,5,9,13,15-16H2,(H2,30,31,32). The maximum Gasteiger partial charge on any atom is 0.330 e. The predicted molar refractivity (Wildman–Crippen MR) is 138 cm³/mol. The largest absolute Gasteiger partial charge is 0.437 e. The number of fused-ring (bicyclic) bond motifs is 3. The third kappa shape index (κ3) is 3.22. The molecular weight excluding hydrogens is 482 g/mol. The van der Waals surface area contributed by atoms with Gasteiger partial charge in [-0.1, -0.05) is 30.3 Å². The van der Waals surface area contributed by atoms with Crippen molar-refractivity contribution in [3.05, 3.63) is 88.8 Å². The number of ether oxygens (including phenoxy) is 1. The molecule has 7 rings (SSSR count). The number of rotatable bonds is 2. The average Bonchev–Trinajstić information content (AvgIpc) is 3.59. The monoisotopic (exact) mass is 505 g/mol. The Kier molecular flexibility index (Phi) is 4.80. The van der Waals surface area contributed by atoms with Crippen LogP contribution in [0.2, 0.25) is 0 Å². The van der Waals surface area contributed by atoms with Gasteiger partial charge in [-0.25, -0.2) is 14.8 Å². The van der Waals surface area contributed by atoms with Crippen LogP contribution in [0.4, 0.5) is 5.95 Å². The Bertz CT molecular complexity index is 1650. The Balaban J connectivity index is 1.31. The fourth-order valence-corrected chi connectivity index (χ4v) is 5.91. The van der Waals surface area contributed by atoms with Gasteiger partial charge in [-0.2, -0.15) is 0 Å². The molecule has 188 valence electrons. The lowest BCUT2D eigenvalue weighted by Crippen LogP contribution is -2.60. The number of aromatic nitrogens is 2. The van der Waals surface area contributed by atoms with Crippen molar-refractivity contribution in [1.82, 2.24) is 19.8 Å². The number of benzene rings is 2. The molecule has 4 heterocycles. The lowest BCUT2D eigenvalue weighted by molar-refractivity contribution is -0.178. The van der Waals surface area contributed by atoms with Gasteiger partial charge in [0, 0.05) is 36.7 Å². The number of hydrogen-bond acceptors (Lipinski definition) is 7. The molecule has 1 aromatic heterocycles. The zero-order valence-corrected chi connectivity index (χ0v) is 20.4. The van der Waals surface area contributed by atoms with Crippen LogP contribution in [-0.4, -0.2) is 55.7 Å². The molecule has 3 aliphatic heterocycles. The van der Waals surface area contributed by atoms with Crippen LogP contribution in [0.3, 0.4) is 0 Å². The summed E-state index contributed by atoms with van der Waals surface area (Å²) >= 11 is 0. The van der Waals surface area contributed by atoms with Crippen molar-refractivity contribution in [3.8, 4) is 0 Å². The highest BCUT2D eigenvalue weighted by Gasteiger charge is 2.56. The molecule has 2 amide bonds. The minimum Gasteiger partial charge on any atom is -0.437 e. The highest BCUT2D eigenvalue weighted by molar-refractivity contribution is 6.10. The summed E-state index contributed by atoms with van der Waals surface area (Å²) in [5, 5.41) is 0.501. The minimum atomic E-state index is -1.62. The second-order valence-electron chi connectivity index (χ2n) is 9.96. The fourth-order valence-electron chi connectivity index (χ4n) is 5.91. The van der Waals surface area contributed by atoms with E-state index in [2.05, 4.69) is 15.7 Å². The van der Waals surface area contributed by atoms with E-state index in [1.165, 1.54) is 6.08 Å². The Hall–Kier alpha value is -4.75. The van der Waals surface area contributed by atoms with E-state index in [4.69, 9.17) is 10.5 Å². The lowest BCUT2D eigenvalue weighted by Gasteiger charge is -2.42. The quantitative estimate of drug-likeness (QED) is 0.420. The Morgan fingerprint density at radius 1 is 1.11 bits per heavy atom. The molecule has 4 aliphatic rings. The molecule has 3 aromatic rings. The number of carbonyl (C=O) groups is 3. The summed E-state index contributed by atoms with van der Waals surface area (Å²) in [5.41, 5.74) is 11.3. The second-order valence-corrected chi connectivity index (χ2v) is 9.96. The topological polar surface area (TPSA) is 119 Å². The van der Waals surface area contributed by atoms with Crippen molar-refractivity contribution in [3.63, 3.8) is 0 Å². The van der Waals surface area contributed by atoms with E-state index in [-0.39, 0.29) is 23.5 Å². The molecular formula is C29H23N5O4. The first-order valence-electron chi connectivity index (χ1n) is 12.6. The summed E-state index contributed by atoms with van der Waals surface area (Å²) in [6.45, 7) is 1.46. The number of nitrogen functional groups attached to an aromatic ring is 1. The molecule has 38 heavy (non-hydrogen) atoms. The molecule has 2 atom stereocenters. The summed E-state index contributed by atoms with van der Waals surface area (Å²) in [5.74, 6) is -0.966. The van der Waals surface area contributed by atoms with E-state index < -0.39 is 17.6 Å². The van der Waals surface area contributed by atoms with Gasteiger partial charge in [-0.3, -0.25) is 9.59 Å². The number of carbonyl (C=O) groups excluding carboxylic acids is 3. The summed E-state index contributed by atoms with van der Waals surface area (Å²) in [6.07, 6.45) is 6.25. The van der Waals surface area contributed by atoms with Gasteiger partial charge in [-0.05, 0) is 53.8 Å². The zero-order chi connectivity index (χ0) is 26.0. The number of morpholine rings is 1. The van der Waals surface area contributed by atoms with Crippen molar-refractivity contribution < 1.29 is 19.1 Å². The third-order valence-corrected chi connectivity index (χ3v) is 7.75. The second kappa shape index (κ2) is 8.13. The van der Waals surface area contributed by atoms with Crippen molar-refractivity contribution in [1.29, 1.82) is 0 Å². The average molecular weight is 506 g/mol. The normalized spacial score (nSPS) is 23.6. The zero-order valence-electron chi connectivity index (χ0n) is 20.4. The van der Waals surface area contributed by atoms with Gasteiger partial charge in [0.25, 0.3) is 11.8 Å². The lowest BCUT2D eigenvalue weighted by atomic mass is 9.82. The minimum absolute atomic E-state index is 0.000920. The van der Waals surface area contributed by atoms with Gasteiger partial charge < -0.3 is 20.3 Å². The molecule has 2 aromatic carbocycles. The number of allylic oxidation sites excluding steroid dienone is 1. The molecule has 2 saturated heterocycles. The van der Waals surface area contributed by atoms with Crippen LogP contribution in [0.25, 0.3) is 16.5 Å². The van der Waals surface area contributed by atoms with Crippen LogP contribution in [-0.2, 0) is 27.4 Å². The third-order valence-electron chi connectivity index (χ3n) is 7.75. The highest BCUT2D eigenvalue weighted by Crippen LogP contribution is 2.42. The van der Waals surface area contributed by atoms with Gasteiger partial charge in [-0.15, -0.1) is 5.73 Å². The summed E-state index contributed by atoms with van der Waals surface area (Å²) in [4.78, 5) is 52.3. The van der Waals surface area contributed by atoms with E-state index in [0.717, 1.165) is 17.5 Å². The molecule has 2 unspecified atom stereocenters. The Morgan fingerprint density at radius 3 is 2.68 bits per heavy atom. The molecule has 2 fully saturated rings. The SMILES string of the molecule is Nc1nc(C(=O)N2Cc3ccccc3C2)c2cc(C3=CC=C=CC34OC(=O)C3CCCN3C4=O)ccc2n1. The van der Waals surface area contributed by atoms with Crippen LogP contribution < -0.4 is 5.73 Å².